The molecule has 4 rings (SSSR count). The fourth-order valence-corrected chi connectivity index (χ4v) is 2.86. The Bertz CT molecular complexity index is 935. The molecule has 0 bridgehead atoms. The van der Waals surface area contributed by atoms with Crippen LogP contribution in [0, 0.1) is 0 Å². The van der Waals surface area contributed by atoms with Crippen LogP contribution in [0.5, 0.6) is 23.0 Å². The number of rotatable bonds is 4. The molecule has 0 radical (unpaired) electrons. The second-order valence-electron chi connectivity index (χ2n) is 5.48. The Morgan fingerprint density at radius 3 is 2.60 bits per heavy atom. The molecular weight excluding hydrogens is 324 g/mol. The van der Waals surface area contributed by atoms with Crippen LogP contribution in [0.15, 0.2) is 41.1 Å². The molecule has 0 spiro atoms. The molecule has 2 heterocycles. The average molecular weight is 341 g/mol. The summed E-state index contributed by atoms with van der Waals surface area (Å²) in [5.41, 5.74) is 9.13. The third kappa shape index (κ3) is 2.50. The van der Waals surface area contributed by atoms with E-state index in [0.29, 0.717) is 34.4 Å². The van der Waals surface area contributed by atoms with Crippen LogP contribution >= 0.6 is 0 Å². The van der Waals surface area contributed by atoms with Gasteiger partial charge in [-0.25, -0.2) is 4.52 Å². The van der Waals surface area contributed by atoms with E-state index in [4.69, 9.17) is 29.2 Å². The van der Waals surface area contributed by atoms with E-state index in [1.165, 1.54) is 0 Å². The van der Waals surface area contributed by atoms with Crippen molar-refractivity contribution in [1.82, 2.24) is 0 Å². The van der Waals surface area contributed by atoms with Crippen molar-refractivity contribution in [2.75, 3.05) is 26.7 Å². The van der Waals surface area contributed by atoms with E-state index in [1.54, 1.807) is 20.4 Å². The molecule has 3 N–H and O–H groups in total. The monoisotopic (exact) mass is 341 g/mol. The molecule has 0 saturated heterocycles. The van der Waals surface area contributed by atoms with Gasteiger partial charge < -0.3 is 24.7 Å². The second kappa shape index (κ2) is 5.94. The van der Waals surface area contributed by atoms with Gasteiger partial charge in [0.1, 0.15) is 11.3 Å². The van der Waals surface area contributed by atoms with Gasteiger partial charge in [-0.15, -0.1) is 0 Å². The zero-order valence-electron chi connectivity index (χ0n) is 13.8. The first-order valence-corrected chi connectivity index (χ1v) is 7.63. The van der Waals surface area contributed by atoms with Crippen LogP contribution in [-0.4, -0.2) is 21.0 Å². The maximum Gasteiger partial charge on any atom is 0.231 e. The molecule has 7 nitrogen and oxygen atoms in total. The Kier molecular flexibility index (Phi) is 3.61. The summed E-state index contributed by atoms with van der Waals surface area (Å²) in [5.74, 6) is 3.06. The van der Waals surface area contributed by atoms with E-state index in [2.05, 4.69) is 5.16 Å². The Morgan fingerprint density at radius 2 is 1.84 bits per heavy atom. The van der Waals surface area contributed by atoms with Gasteiger partial charge in [-0.1, -0.05) is 6.07 Å². The topological polar surface area (TPSA) is 90.2 Å². The van der Waals surface area contributed by atoms with Crippen LogP contribution < -0.4 is 29.8 Å². The molecule has 1 aliphatic heterocycles. The molecule has 3 aromatic rings. The zero-order valence-corrected chi connectivity index (χ0v) is 13.8. The highest BCUT2D eigenvalue weighted by Gasteiger charge is 2.25. The fourth-order valence-electron chi connectivity index (χ4n) is 2.86. The standard InChI is InChI=1S/C18H16N2O5/c1-21-14-4-3-10(5-13(14)19)12-8-20-25-17(12)11-6-15(22-2)18-16(7-11)23-9-24-18/h3-8H,9,19H2,1-2H3/p+1. The van der Waals surface area contributed by atoms with Gasteiger partial charge in [-0.2, -0.15) is 0 Å². The van der Waals surface area contributed by atoms with E-state index >= 15 is 0 Å². The summed E-state index contributed by atoms with van der Waals surface area (Å²) in [4.78, 5) is 0. The molecule has 0 saturated carbocycles. The van der Waals surface area contributed by atoms with Crippen molar-refractivity contribution in [3.05, 3.63) is 36.5 Å². The van der Waals surface area contributed by atoms with Gasteiger partial charge in [0.15, 0.2) is 11.5 Å². The highest BCUT2D eigenvalue weighted by molar-refractivity contribution is 5.82. The summed E-state index contributed by atoms with van der Waals surface area (Å²) in [6.07, 6.45) is 1.77. The van der Waals surface area contributed by atoms with Crippen LogP contribution in [-0.2, 0) is 0 Å². The lowest BCUT2D eigenvalue weighted by molar-refractivity contribution is -0.606. The molecule has 128 valence electrons. The average Bonchev–Trinajstić information content (AvgIpc) is 3.29. The summed E-state index contributed by atoms with van der Waals surface area (Å²) in [6, 6.07) is 9.28. The quantitative estimate of drug-likeness (QED) is 0.734. The van der Waals surface area contributed by atoms with Crippen molar-refractivity contribution in [2.45, 2.75) is 0 Å². The van der Waals surface area contributed by atoms with Gasteiger partial charge >= 0.3 is 0 Å². The molecule has 25 heavy (non-hydrogen) atoms. The molecule has 1 aromatic heterocycles. The summed E-state index contributed by atoms with van der Waals surface area (Å²) in [7, 11) is 3.17. The number of fused-ring (bicyclic) bond motifs is 1. The number of methoxy groups -OCH3 is 2. The van der Waals surface area contributed by atoms with Crippen LogP contribution in [0.4, 0.5) is 5.69 Å². The first-order chi connectivity index (χ1) is 12.2. The summed E-state index contributed by atoms with van der Waals surface area (Å²) >= 11 is 0. The van der Waals surface area contributed by atoms with Crippen LogP contribution in [0.3, 0.4) is 0 Å². The van der Waals surface area contributed by atoms with Crippen LogP contribution in [0.2, 0.25) is 0 Å². The molecule has 0 atom stereocenters. The summed E-state index contributed by atoms with van der Waals surface area (Å²) in [5, 5.41) is 2.79. The van der Waals surface area contributed by atoms with Crippen molar-refractivity contribution in [2.24, 2.45) is 0 Å². The number of aromatic nitrogens is 1. The van der Waals surface area contributed by atoms with Gasteiger partial charge in [-0.05, 0) is 35.0 Å². The van der Waals surface area contributed by atoms with Gasteiger partial charge in [-0.3, -0.25) is 0 Å². The first-order valence-electron chi connectivity index (χ1n) is 7.63. The third-order valence-electron chi connectivity index (χ3n) is 4.07. The normalized spacial score (nSPS) is 12.2. The van der Waals surface area contributed by atoms with E-state index < -0.39 is 0 Å². The van der Waals surface area contributed by atoms with Crippen LogP contribution in [0.1, 0.15) is 0 Å². The SMILES string of the molecule is COc1ccc(-c2c[nH+]oc2-c2cc(OC)c3c(c2)OCO3)cc1N. The van der Waals surface area contributed by atoms with Crippen molar-refractivity contribution in [3.63, 3.8) is 0 Å². The van der Waals surface area contributed by atoms with Gasteiger partial charge in [0.2, 0.25) is 24.5 Å². The zero-order chi connectivity index (χ0) is 17.4. The number of ether oxygens (including phenoxy) is 4. The van der Waals surface area contributed by atoms with Crippen molar-refractivity contribution in [3.8, 4) is 45.4 Å². The molecule has 2 aromatic carbocycles. The molecule has 1 aliphatic rings. The van der Waals surface area contributed by atoms with Gasteiger partial charge in [0.05, 0.1) is 19.9 Å². The van der Waals surface area contributed by atoms with E-state index in [9.17, 15) is 0 Å². The third-order valence-corrected chi connectivity index (χ3v) is 4.07. The minimum atomic E-state index is 0.168. The smallest absolute Gasteiger partial charge is 0.231 e. The summed E-state index contributed by atoms with van der Waals surface area (Å²) in [6.45, 7) is 0.168. The minimum absolute atomic E-state index is 0.168. The fraction of sp³-hybridized carbons (Fsp3) is 0.167. The highest BCUT2D eigenvalue weighted by atomic mass is 16.7. The molecule has 0 aliphatic carbocycles. The van der Waals surface area contributed by atoms with E-state index in [1.807, 2.05) is 30.3 Å². The minimum Gasteiger partial charge on any atom is -0.495 e. The summed E-state index contributed by atoms with van der Waals surface area (Å²) < 4.78 is 27.1. The number of nitrogens with two attached hydrogens (primary N) is 1. The van der Waals surface area contributed by atoms with Crippen LogP contribution in [0.25, 0.3) is 22.5 Å². The number of anilines is 1. The number of nitrogen functional groups attached to an aromatic ring is 1. The first kappa shape index (κ1) is 15.2. The number of nitrogens with one attached hydrogen (secondary N) is 1. The van der Waals surface area contributed by atoms with Gasteiger partial charge in [0.25, 0.3) is 0 Å². The highest BCUT2D eigenvalue weighted by Crippen LogP contribution is 2.45. The van der Waals surface area contributed by atoms with E-state index in [0.717, 1.165) is 16.7 Å². The number of benzene rings is 2. The Balaban J connectivity index is 1.82. The lowest BCUT2D eigenvalue weighted by atomic mass is 10.0. The maximum atomic E-state index is 6.02. The molecular formula is C18H17N2O5+. The predicted octanol–water partition coefficient (Wildman–Crippen LogP) is 2.76. The lowest BCUT2D eigenvalue weighted by Gasteiger charge is -2.08. The number of aromatic amines is 1. The van der Waals surface area contributed by atoms with E-state index in [-0.39, 0.29) is 6.79 Å². The number of hydrogen-bond donors (Lipinski definition) is 1. The van der Waals surface area contributed by atoms with Gasteiger partial charge in [0, 0.05) is 5.56 Å². The van der Waals surface area contributed by atoms with Crippen molar-refractivity contribution >= 4 is 5.69 Å². The number of H-pyrrole nitrogens is 1. The molecule has 0 amide bonds. The lowest BCUT2D eigenvalue weighted by Crippen LogP contribution is -1.93. The Labute approximate surface area is 143 Å². The molecule has 7 heteroatoms. The molecule has 0 unspecified atom stereocenters. The second-order valence-corrected chi connectivity index (χ2v) is 5.48. The van der Waals surface area contributed by atoms with Crippen molar-refractivity contribution in [1.29, 1.82) is 0 Å². The molecule has 0 fully saturated rings. The van der Waals surface area contributed by atoms with Crippen molar-refractivity contribution < 1.29 is 28.6 Å². The predicted molar refractivity (Wildman–Crippen MR) is 89.8 cm³/mol. The largest absolute Gasteiger partial charge is 0.495 e. The maximum absolute atomic E-state index is 6.02. The number of hydrogen-bond acceptors (Lipinski definition) is 6. The Hall–Kier alpha value is -3.35. The Morgan fingerprint density at radius 1 is 1.00 bits per heavy atom.